The maximum absolute atomic E-state index is 13.5. The third kappa shape index (κ3) is 4.87. The van der Waals surface area contributed by atoms with Crippen LogP contribution in [0.1, 0.15) is 22.8 Å². The van der Waals surface area contributed by atoms with Crippen LogP contribution >= 0.6 is 0 Å². The fourth-order valence-electron chi connectivity index (χ4n) is 2.39. The van der Waals surface area contributed by atoms with Crippen molar-refractivity contribution in [2.75, 3.05) is 19.0 Å². The molecule has 0 saturated carbocycles. The van der Waals surface area contributed by atoms with Crippen LogP contribution in [-0.2, 0) is 14.3 Å². The number of rotatable bonds is 5. The Bertz CT molecular complexity index is 777. The van der Waals surface area contributed by atoms with E-state index in [1.54, 1.807) is 14.0 Å². The van der Waals surface area contributed by atoms with Gasteiger partial charge in [-0.05, 0) is 42.7 Å². The van der Waals surface area contributed by atoms with E-state index in [0.29, 0.717) is 5.56 Å². The highest BCUT2D eigenvalue weighted by Gasteiger charge is 2.18. The van der Waals surface area contributed by atoms with E-state index >= 15 is 0 Å². The van der Waals surface area contributed by atoms with Gasteiger partial charge in [-0.15, -0.1) is 0 Å². The van der Waals surface area contributed by atoms with E-state index in [-0.39, 0.29) is 18.3 Å². The molecule has 0 heterocycles. The Hall–Kier alpha value is -2.73. The van der Waals surface area contributed by atoms with E-state index < -0.39 is 17.6 Å². The second-order valence-electron chi connectivity index (χ2n) is 5.71. The first-order valence-electron chi connectivity index (χ1n) is 7.86. The highest BCUT2D eigenvalue weighted by molar-refractivity contribution is 6.39. The molecule has 2 aromatic carbocycles. The predicted octanol–water partition coefficient (Wildman–Crippen LogP) is 2.88. The molecule has 0 aromatic heterocycles. The van der Waals surface area contributed by atoms with Crippen LogP contribution in [0.2, 0.25) is 0 Å². The van der Waals surface area contributed by atoms with E-state index in [4.69, 9.17) is 4.74 Å². The number of methoxy groups -OCH3 is 1. The minimum Gasteiger partial charge on any atom is -0.375 e. The highest BCUT2D eigenvalue weighted by atomic mass is 19.1. The molecule has 0 aliphatic carbocycles. The Morgan fingerprint density at radius 2 is 1.80 bits per heavy atom. The molecule has 2 amide bonds. The highest BCUT2D eigenvalue weighted by Crippen LogP contribution is 2.19. The van der Waals surface area contributed by atoms with Crippen LogP contribution in [0, 0.1) is 19.7 Å². The van der Waals surface area contributed by atoms with Gasteiger partial charge in [0.1, 0.15) is 5.82 Å². The molecule has 0 aliphatic heterocycles. The van der Waals surface area contributed by atoms with Gasteiger partial charge in [0, 0.05) is 19.3 Å². The third-order valence-corrected chi connectivity index (χ3v) is 3.90. The zero-order valence-electron chi connectivity index (χ0n) is 14.4. The Balaban J connectivity index is 1.95. The van der Waals surface area contributed by atoms with Gasteiger partial charge in [0.15, 0.2) is 0 Å². The second kappa shape index (κ2) is 8.39. The van der Waals surface area contributed by atoms with Gasteiger partial charge in [-0.3, -0.25) is 9.59 Å². The number of carbonyl (C=O) groups is 2. The lowest BCUT2D eigenvalue weighted by Crippen LogP contribution is -2.38. The topological polar surface area (TPSA) is 67.4 Å². The van der Waals surface area contributed by atoms with Gasteiger partial charge < -0.3 is 15.4 Å². The summed E-state index contributed by atoms with van der Waals surface area (Å²) in [5, 5.41) is 4.91. The molecule has 5 nitrogen and oxygen atoms in total. The summed E-state index contributed by atoms with van der Waals surface area (Å²) in [4.78, 5) is 23.9. The minimum atomic E-state index is -0.858. The van der Waals surface area contributed by atoms with Crippen molar-refractivity contribution >= 4 is 17.5 Å². The summed E-state index contributed by atoms with van der Waals surface area (Å²) in [6, 6.07) is 11.9. The molecule has 1 unspecified atom stereocenters. The largest absolute Gasteiger partial charge is 0.375 e. The first-order chi connectivity index (χ1) is 11.9. The van der Waals surface area contributed by atoms with Gasteiger partial charge in [0.05, 0.1) is 6.10 Å². The molecule has 2 rings (SSSR count). The zero-order chi connectivity index (χ0) is 18.4. The number of hydrogen-bond donors (Lipinski definition) is 2. The van der Waals surface area contributed by atoms with Crippen molar-refractivity contribution in [2.45, 2.75) is 20.0 Å². The van der Waals surface area contributed by atoms with E-state index in [0.717, 1.165) is 11.1 Å². The van der Waals surface area contributed by atoms with Crippen LogP contribution in [-0.4, -0.2) is 25.5 Å². The standard InChI is InChI=1S/C19H21FN2O3/c1-12-6-4-5-7-15(12)17(25-3)11-21-18(23)19(24)22-14-9-8-13(2)16(20)10-14/h4-10,17H,11H2,1-3H3,(H,21,23)(H,22,24). The van der Waals surface area contributed by atoms with E-state index in [2.05, 4.69) is 10.6 Å². The molecule has 0 fully saturated rings. The van der Waals surface area contributed by atoms with E-state index in [1.165, 1.54) is 18.2 Å². The smallest absolute Gasteiger partial charge is 0.313 e. The average Bonchev–Trinajstić information content (AvgIpc) is 2.59. The minimum absolute atomic E-state index is 0.149. The summed E-state index contributed by atoms with van der Waals surface area (Å²) in [5.74, 6) is -2.11. The SMILES string of the molecule is COC(CNC(=O)C(=O)Nc1ccc(C)c(F)c1)c1ccccc1C. The van der Waals surface area contributed by atoms with Crippen molar-refractivity contribution in [1.82, 2.24) is 5.32 Å². The number of nitrogens with one attached hydrogen (secondary N) is 2. The summed E-state index contributed by atoms with van der Waals surface area (Å²) in [6.07, 6.45) is -0.366. The van der Waals surface area contributed by atoms with Crippen molar-refractivity contribution in [3.63, 3.8) is 0 Å². The van der Waals surface area contributed by atoms with Crippen LogP contribution in [0.25, 0.3) is 0 Å². The Morgan fingerprint density at radius 1 is 1.08 bits per heavy atom. The molecule has 0 bridgehead atoms. The van der Waals surface area contributed by atoms with Gasteiger partial charge in [-0.1, -0.05) is 30.3 Å². The number of benzene rings is 2. The number of anilines is 1. The lowest BCUT2D eigenvalue weighted by molar-refractivity contribution is -0.136. The van der Waals surface area contributed by atoms with Crippen molar-refractivity contribution in [3.8, 4) is 0 Å². The number of aryl methyl sites for hydroxylation is 2. The van der Waals surface area contributed by atoms with Gasteiger partial charge in [0.2, 0.25) is 0 Å². The Kier molecular flexibility index (Phi) is 6.25. The molecular formula is C19H21FN2O3. The summed E-state index contributed by atoms with van der Waals surface area (Å²) >= 11 is 0. The molecule has 2 N–H and O–H groups in total. The van der Waals surface area contributed by atoms with Crippen LogP contribution < -0.4 is 10.6 Å². The quantitative estimate of drug-likeness (QED) is 0.820. The van der Waals surface area contributed by atoms with E-state index in [9.17, 15) is 14.0 Å². The molecule has 2 aromatic rings. The lowest BCUT2D eigenvalue weighted by atomic mass is 10.0. The second-order valence-corrected chi connectivity index (χ2v) is 5.71. The fraction of sp³-hybridized carbons (Fsp3) is 0.263. The molecule has 1 atom stereocenters. The molecule has 25 heavy (non-hydrogen) atoms. The first-order valence-corrected chi connectivity index (χ1v) is 7.86. The van der Waals surface area contributed by atoms with Crippen LogP contribution in [0.4, 0.5) is 10.1 Å². The van der Waals surface area contributed by atoms with Crippen LogP contribution in [0.3, 0.4) is 0 Å². The molecule has 6 heteroatoms. The van der Waals surface area contributed by atoms with Gasteiger partial charge in [-0.2, -0.15) is 0 Å². The van der Waals surface area contributed by atoms with Gasteiger partial charge >= 0.3 is 11.8 Å². The number of ether oxygens (including phenoxy) is 1. The molecular weight excluding hydrogens is 323 g/mol. The number of carbonyl (C=O) groups excluding carboxylic acids is 2. The lowest BCUT2D eigenvalue weighted by Gasteiger charge is -2.18. The zero-order valence-corrected chi connectivity index (χ0v) is 14.4. The summed E-state index contributed by atoms with van der Waals surface area (Å²) in [7, 11) is 1.54. The van der Waals surface area contributed by atoms with E-state index in [1.807, 2.05) is 31.2 Å². The molecule has 132 valence electrons. The number of halogens is 1. The van der Waals surface area contributed by atoms with Gasteiger partial charge in [-0.25, -0.2) is 4.39 Å². The van der Waals surface area contributed by atoms with Crippen molar-refractivity contribution in [2.24, 2.45) is 0 Å². The summed E-state index contributed by atoms with van der Waals surface area (Å²) < 4.78 is 18.9. The predicted molar refractivity (Wildman–Crippen MR) is 93.7 cm³/mol. The number of amides is 2. The normalized spacial score (nSPS) is 11.7. The first kappa shape index (κ1) is 18.6. The fourth-order valence-corrected chi connectivity index (χ4v) is 2.39. The third-order valence-electron chi connectivity index (χ3n) is 3.90. The monoisotopic (exact) mass is 344 g/mol. The molecule has 0 saturated heterocycles. The Labute approximate surface area is 146 Å². The van der Waals surface area contributed by atoms with Crippen LogP contribution in [0.15, 0.2) is 42.5 Å². The van der Waals surface area contributed by atoms with Crippen molar-refractivity contribution in [1.29, 1.82) is 0 Å². The summed E-state index contributed by atoms with van der Waals surface area (Å²) in [6.45, 7) is 3.71. The maximum atomic E-state index is 13.5. The maximum Gasteiger partial charge on any atom is 0.313 e. The molecule has 0 aliphatic rings. The van der Waals surface area contributed by atoms with Crippen LogP contribution in [0.5, 0.6) is 0 Å². The Morgan fingerprint density at radius 3 is 2.44 bits per heavy atom. The summed E-state index contributed by atoms with van der Waals surface area (Å²) in [5.41, 5.74) is 2.66. The number of hydrogen-bond acceptors (Lipinski definition) is 3. The molecule has 0 spiro atoms. The molecule has 0 radical (unpaired) electrons. The van der Waals surface area contributed by atoms with Crippen molar-refractivity contribution < 1.29 is 18.7 Å². The van der Waals surface area contributed by atoms with Gasteiger partial charge in [0.25, 0.3) is 0 Å². The van der Waals surface area contributed by atoms with Crippen molar-refractivity contribution in [3.05, 3.63) is 65.0 Å². The average molecular weight is 344 g/mol.